The van der Waals surface area contributed by atoms with Crippen LogP contribution in [0.1, 0.15) is 12.0 Å². The average molecular weight is 270 g/mol. The third-order valence-corrected chi connectivity index (χ3v) is 3.05. The molecule has 4 heteroatoms. The fourth-order valence-corrected chi connectivity index (χ4v) is 1.81. The number of hydrogen-bond acceptors (Lipinski definition) is 3. The third-order valence-electron chi connectivity index (χ3n) is 2.33. The summed E-state index contributed by atoms with van der Waals surface area (Å²) in [5, 5.41) is 4.88. The first-order valence-electron chi connectivity index (χ1n) is 4.76. The van der Waals surface area contributed by atoms with Crippen LogP contribution in [0, 0.1) is 0 Å². The maximum absolute atomic E-state index is 5.24. The lowest BCUT2D eigenvalue weighted by atomic mass is 10.1. The number of methoxy groups -OCH3 is 1. The van der Waals surface area contributed by atoms with Gasteiger partial charge in [0.1, 0.15) is 11.9 Å². The van der Waals surface area contributed by atoms with Gasteiger partial charge in [0.05, 0.1) is 12.8 Å². The van der Waals surface area contributed by atoms with E-state index < -0.39 is 0 Å². The Labute approximate surface area is 97.2 Å². The molecule has 0 radical (unpaired) electrons. The van der Waals surface area contributed by atoms with Crippen LogP contribution in [0.5, 0.6) is 5.75 Å². The molecule has 0 spiro atoms. The average Bonchev–Trinajstić information content (AvgIpc) is 2.78. The summed E-state index contributed by atoms with van der Waals surface area (Å²) in [6.45, 7) is 0. The standard InChI is InChI=1S/C11H12BrNO2/c1-14-9-4-2-8(3-5-9)11-6-10(7-12)15-13-11/h2-5,10H,6-7H2,1H3/t10-/m1/s1. The smallest absolute Gasteiger partial charge is 0.142 e. The van der Waals surface area contributed by atoms with Crippen molar-refractivity contribution in [2.45, 2.75) is 12.5 Å². The molecule has 1 aliphatic heterocycles. The lowest BCUT2D eigenvalue weighted by Gasteiger charge is -2.02. The van der Waals surface area contributed by atoms with E-state index in [9.17, 15) is 0 Å². The van der Waals surface area contributed by atoms with Crippen LogP contribution in [-0.4, -0.2) is 24.3 Å². The van der Waals surface area contributed by atoms with Crippen LogP contribution < -0.4 is 4.74 Å². The van der Waals surface area contributed by atoms with E-state index in [1.54, 1.807) is 7.11 Å². The van der Waals surface area contributed by atoms with Crippen molar-refractivity contribution in [1.29, 1.82) is 0 Å². The number of hydrogen-bond donors (Lipinski definition) is 0. The molecule has 2 rings (SSSR count). The van der Waals surface area contributed by atoms with Crippen molar-refractivity contribution in [3.05, 3.63) is 29.8 Å². The molecule has 1 heterocycles. The van der Waals surface area contributed by atoms with Gasteiger partial charge < -0.3 is 9.57 Å². The molecule has 1 aromatic rings. The SMILES string of the molecule is COc1ccc(C2=NO[C@@H](CBr)C2)cc1. The zero-order valence-electron chi connectivity index (χ0n) is 8.44. The summed E-state index contributed by atoms with van der Waals surface area (Å²) in [4.78, 5) is 5.24. The largest absolute Gasteiger partial charge is 0.497 e. The molecule has 0 amide bonds. The van der Waals surface area contributed by atoms with Crippen LogP contribution in [0.3, 0.4) is 0 Å². The fraction of sp³-hybridized carbons (Fsp3) is 0.364. The van der Waals surface area contributed by atoms with Crippen LogP contribution >= 0.6 is 15.9 Å². The van der Waals surface area contributed by atoms with E-state index in [1.165, 1.54) is 0 Å². The molecular weight excluding hydrogens is 258 g/mol. The number of halogens is 1. The second kappa shape index (κ2) is 4.66. The molecule has 1 atom stereocenters. The normalized spacial score (nSPS) is 19.6. The maximum atomic E-state index is 5.24. The summed E-state index contributed by atoms with van der Waals surface area (Å²) < 4.78 is 5.10. The molecule has 0 fully saturated rings. The minimum absolute atomic E-state index is 0.169. The van der Waals surface area contributed by atoms with Gasteiger partial charge in [-0.15, -0.1) is 0 Å². The second-order valence-corrected chi connectivity index (χ2v) is 4.00. The predicted octanol–water partition coefficient (Wildman–Crippen LogP) is 2.58. The van der Waals surface area contributed by atoms with Gasteiger partial charge in [0.2, 0.25) is 0 Å². The molecule has 1 aliphatic rings. The second-order valence-electron chi connectivity index (χ2n) is 3.35. The van der Waals surface area contributed by atoms with Gasteiger partial charge in [-0.3, -0.25) is 0 Å². The van der Waals surface area contributed by atoms with Gasteiger partial charge in [-0.2, -0.15) is 0 Å². The highest BCUT2D eigenvalue weighted by Gasteiger charge is 2.20. The van der Waals surface area contributed by atoms with Crippen LogP contribution in [0.4, 0.5) is 0 Å². The molecule has 0 N–H and O–H groups in total. The molecule has 80 valence electrons. The highest BCUT2D eigenvalue weighted by molar-refractivity contribution is 9.09. The number of ether oxygens (including phenoxy) is 1. The van der Waals surface area contributed by atoms with Gasteiger partial charge in [-0.25, -0.2) is 0 Å². The van der Waals surface area contributed by atoms with Gasteiger partial charge in [-0.1, -0.05) is 21.1 Å². The number of alkyl halides is 1. The summed E-state index contributed by atoms with van der Waals surface area (Å²) in [5.74, 6) is 0.857. The van der Waals surface area contributed by atoms with E-state index in [2.05, 4.69) is 21.1 Å². The first-order chi connectivity index (χ1) is 7.33. The molecule has 1 aromatic carbocycles. The van der Waals surface area contributed by atoms with E-state index in [0.717, 1.165) is 28.8 Å². The van der Waals surface area contributed by atoms with Crippen molar-refractivity contribution >= 4 is 21.6 Å². The lowest BCUT2D eigenvalue weighted by Crippen LogP contribution is -2.09. The maximum Gasteiger partial charge on any atom is 0.142 e. The van der Waals surface area contributed by atoms with Crippen LogP contribution in [0.25, 0.3) is 0 Å². The summed E-state index contributed by atoms with van der Waals surface area (Å²) in [6.07, 6.45) is 1.03. The Balaban J connectivity index is 2.10. The van der Waals surface area contributed by atoms with E-state index in [-0.39, 0.29) is 6.10 Å². The topological polar surface area (TPSA) is 30.8 Å². The summed E-state index contributed by atoms with van der Waals surface area (Å²) in [7, 11) is 1.66. The van der Waals surface area contributed by atoms with Crippen molar-refractivity contribution in [2.75, 3.05) is 12.4 Å². The van der Waals surface area contributed by atoms with Crippen LogP contribution in [-0.2, 0) is 4.84 Å². The molecule has 0 saturated heterocycles. The monoisotopic (exact) mass is 269 g/mol. The van der Waals surface area contributed by atoms with E-state index in [1.807, 2.05) is 24.3 Å². The van der Waals surface area contributed by atoms with Crippen LogP contribution in [0.2, 0.25) is 0 Å². The van der Waals surface area contributed by atoms with Crippen molar-refractivity contribution in [3.8, 4) is 5.75 Å². The van der Waals surface area contributed by atoms with Crippen molar-refractivity contribution in [3.63, 3.8) is 0 Å². The van der Waals surface area contributed by atoms with Gasteiger partial charge >= 0.3 is 0 Å². The molecule has 0 saturated carbocycles. The molecule has 0 aliphatic carbocycles. The molecule has 0 aromatic heterocycles. The van der Waals surface area contributed by atoms with E-state index >= 15 is 0 Å². The van der Waals surface area contributed by atoms with Crippen molar-refractivity contribution in [1.82, 2.24) is 0 Å². The molecular formula is C11H12BrNO2. The Morgan fingerprint density at radius 3 is 2.73 bits per heavy atom. The number of nitrogens with zero attached hydrogens (tertiary/aromatic N) is 1. The highest BCUT2D eigenvalue weighted by Crippen LogP contribution is 2.19. The first-order valence-corrected chi connectivity index (χ1v) is 5.88. The number of benzene rings is 1. The predicted molar refractivity (Wildman–Crippen MR) is 62.8 cm³/mol. The van der Waals surface area contributed by atoms with Gasteiger partial charge in [0.25, 0.3) is 0 Å². The Kier molecular flexibility index (Phi) is 3.26. The summed E-state index contributed by atoms with van der Waals surface area (Å²) >= 11 is 3.38. The minimum atomic E-state index is 0.169. The molecule has 3 nitrogen and oxygen atoms in total. The quantitative estimate of drug-likeness (QED) is 0.790. The Bertz CT molecular complexity index is 361. The van der Waals surface area contributed by atoms with E-state index in [4.69, 9.17) is 9.57 Å². The number of oxime groups is 1. The van der Waals surface area contributed by atoms with Crippen molar-refractivity contribution < 1.29 is 9.57 Å². The molecule has 15 heavy (non-hydrogen) atoms. The van der Waals surface area contributed by atoms with Gasteiger partial charge in [-0.05, 0) is 29.8 Å². The van der Waals surface area contributed by atoms with Crippen LogP contribution in [0.15, 0.2) is 29.4 Å². The van der Waals surface area contributed by atoms with Gasteiger partial charge in [0.15, 0.2) is 0 Å². The third kappa shape index (κ3) is 2.31. The van der Waals surface area contributed by atoms with Gasteiger partial charge in [0, 0.05) is 11.8 Å². The summed E-state index contributed by atoms with van der Waals surface area (Å²) in [6, 6.07) is 7.86. The van der Waals surface area contributed by atoms with Crippen molar-refractivity contribution in [2.24, 2.45) is 5.16 Å². The Morgan fingerprint density at radius 2 is 2.20 bits per heavy atom. The molecule has 0 bridgehead atoms. The summed E-state index contributed by atoms with van der Waals surface area (Å²) in [5.41, 5.74) is 2.10. The zero-order chi connectivity index (χ0) is 10.7. The zero-order valence-corrected chi connectivity index (χ0v) is 10.0. The number of rotatable bonds is 3. The lowest BCUT2D eigenvalue weighted by molar-refractivity contribution is 0.104. The first kappa shape index (κ1) is 10.5. The Morgan fingerprint density at radius 1 is 1.47 bits per heavy atom. The minimum Gasteiger partial charge on any atom is -0.497 e. The highest BCUT2D eigenvalue weighted by atomic mass is 79.9. The Hall–Kier alpha value is -1.03. The van der Waals surface area contributed by atoms with E-state index in [0.29, 0.717) is 0 Å². The fourth-order valence-electron chi connectivity index (χ4n) is 1.47. The molecule has 0 unspecified atom stereocenters.